The minimum absolute atomic E-state index is 0.0743. The molecule has 0 fully saturated rings. The van der Waals surface area contributed by atoms with Gasteiger partial charge in [-0.25, -0.2) is 4.98 Å². The van der Waals surface area contributed by atoms with Gasteiger partial charge in [0.25, 0.3) is 0 Å². The molecule has 0 radical (unpaired) electrons. The molecule has 0 unspecified atom stereocenters. The lowest BCUT2D eigenvalue weighted by atomic mass is 10.0. The maximum Gasteiger partial charge on any atom is 0.135 e. The lowest BCUT2D eigenvalue weighted by Crippen LogP contribution is -2.22. The van der Waals surface area contributed by atoms with Gasteiger partial charge in [0.05, 0.1) is 23.2 Å². The zero-order valence-corrected chi connectivity index (χ0v) is 18.1. The Bertz CT molecular complexity index is 1080. The highest BCUT2D eigenvalue weighted by atomic mass is 32.1. The number of fused-ring (bicyclic) bond motifs is 1. The Morgan fingerprint density at radius 3 is 2.97 bits per heavy atom. The number of rotatable bonds is 7. The number of ether oxygens (including phenoxy) is 1. The first-order chi connectivity index (χ1) is 14.6. The second-order valence-corrected chi connectivity index (χ2v) is 8.72. The van der Waals surface area contributed by atoms with Crippen LogP contribution in [0.4, 0.5) is 0 Å². The number of terminal acetylenes is 1. The first-order valence-corrected chi connectivity index (χ1v) is 11.1. The number of hydrogen-bond donors (Lipinski definition) is 2. The summed E-state index contributed by atoms with van der Waals surface area (Å²) in [5.41, 5.74) is 5.72. The fourth-order valence-corrected chi connectivity index (χ4v) is 4.97. The molecule has 154 valence electrons. The highest BCUT2D eigenvalue weighted by molar-refractivity contribution is 7.18. The molecule has 0 spiro atoms. The zero-order chi connectivity index (χ0) is 21.1. The van der Waals surface area contributed by atoms with E-state index in [0.717, 1.165) is 39.6 Å². The Labute approximate surface area is 182 Å². The van der Waals surface area contributed by atoms with Crippen molar-refractivity contribution < 1.29 is 9.84 Å². The number of nitrogens with one attached hydrogen (secondary N) is 1. The summed E-state index contributed by atoms with van der Waals surface area (Å²) in [4.78, 5) is 5.84. The van der Waals surface area contributed by atoms with Gasteiger partial charge in [-0.15, -0.1) is 17.8 Å². The molecular formula is C25H26N2O2S. The Hall–Kier alpha value is -2.65. The summed E-state index contributed by atoms with van der Waals surface area (Å²) < 4.78 is 5.81. The van der Waals surface area contributed by atoms with Gasteiger partial charge in [0.15, 0.2) is 0 Å². The van der Waals surface area contributed by atoms with Gasteiger partial charge in [-0.2, -0.15) is 0 Å². The Kier molecular flexibility index (Phi) is 6.19. The molecule has 0 aliphatic heterocycles. The van der Waals surface area contributed by atoms with E-state index in [4.69, 9.17) is 16.3 Å². The lowest BCUT2D eigenvalue weighted by molar-refractivity contribution is 0.242. The molecular weight excluding hydrogens is 392 g/mol. The molecule has 2 N–H and O–H groups in total. The van der Waals surface area contributed by atoms with Crippen molar-refractivity contribution in [3.63, 3.8) is 0 Å². The molecule has 0 bridgehead atoms. The molecule has 1 atom stereocenters. The number of benzene rings is 2. The molecule has 1 aliphatic rings. The molecule has 0 saturated carbocycles. The van der Waals surface area contributed by atoms with E-state index in [1.54, 1.807) is 11.3 Å². The fraction of sp³-hybridized carbons (Fsp3) is 0.320. The highest BCUT2D eigenvalue weighted by Crippen LogP contribution is 2.41. The first kappa shape index (κ1) is 20.6. The molecule has 4 rings (SSSR count). The summed E-state index contributed by atoms with van der Waals surface area (Å²) >= 11 is 1.68. The summed E-state index contributed by atoms with van der Waals surface area (Å²) in [5, 5.41) is 13.5. The number of thiazole rings is 1. The molecule has 1 aliphatic carbocycles. The Balaban J connectivity index is 1.63. The van der Waals surface area contributed by atoms with E-state index in [2.05, 4.69) is 34.4 Å². The third kappa shape index (κ3) is 4.13. The number of aliphatic hydroxyl groups excluding tert-OH is 1. The molecule has 1 heterocycles. The number of aromatic nitrogens is 1. The van der Waals surface area contributed by atoms with Crippen LogP contribution in [0.5, 0.6) is 5.75 Å². The predicted octanol–water partition coefficient (Wildman–Crippen LogP) is 4.81. The number of hydrogen-bond acceptors (Lipinski definition) is 5. The maximum atomic E-state index is 9.13. The molecule has 1 aromatic heterocycles. The third-order valence-electron chi connectivity index (χ3n) is 5.29. The highest BCUT2D eigenvalue weighted by Gasteiger charge is 2.25. The zero-order valence-electron chi connectivity index (χ0n) is 17.3. The fourth-order valence-electron chi connectivity index (χ4n) is 4.00. The van der Waals surface area contributed by atoms with Crippen molar-refractivity contribution in [3.05, 3.63) is 59.3 Å². The van der Waals surface area contributed by atoms with Crippen LogP contribution < -0.4 is 10.1 Å². The largest absolute Gasteiger partial charge is 0.490 e. The van der Waals surface area contributed by atoms with Crippen LogP contribution in [0.3, 0.4) is 0 Å². The average Bonchev–Trinajstić information content (AvgIpc) is 3.39. The SMILES string of the molecule is C#Cc1cc(-c2ncc(-c3cccc4c3CC[C@@H]4NCCO)s2)ccc1OC(C)C. The van der Waals surface area contributed by atoms with Crippen LogP contribution in [-0.2, 0) is 6.42 Å². The van der Waals surface area contributed by atoms with Crippen molar-refractivity contribution in [1.29, 1.82) is 0 Å². The number of nitrogens with zero attached hydrogens (tertiary/aromatic N) is 1. The summed E-state index contributed by atoms with van der Waals surface area (Å²) in [6, 6.07) is 12.7. The van der Waals surface area contributed by atoms with Crippen molar-refractivity contribution >= 4 is 11.3 Å². The van der Waals surface area contributed by atoms with E-state index in [-0.39, 0.29) is 12.7 Å². The monoisotopic (exact) mass is 418 g/mol. The third-order valence-corrected chi connectivity index (χ3v) is 6.37. The van der Waals surface area contributed by atoms with Crippen molar-refractivity contribution in [3.8, 4) is 39.1 Å². The quantitative estimate of drug-likeness (QED) is 0.541. The molecule has 4 nitrogen and oxygen atoms in total. The van der Waals surface area contributed by atoms with Crippen LogP contribution in [-0.4, -0.2) is 29.3 Å². The summed E-state index contributed by atoms with van der Waals surface area (Å²) in [7, 11) is 0. The minimum atomic E-state index is 0.0743. The normalized spacial score (nSPS) is 15.2. The van der Waals surface area contributed by atoms with Gasteiger partial charge in [0.2, 0.25) is 0 Å². The van der Waals surface area contributed by atoms with E-state index in [9.17, 15) is 0 Å². The molecule has 5 heteroatoms. The summed E-state index contributed by atoms with van der Waals surface area (Å²) in [6.07, 6.45) is 9.83. The van der Waals surface area contributed by atoms with Gasteiger partial charge < -0.3 is 15.2 Å². The van der Waals surface area contributed by atoms with Gasteiger partial charge in [-0.05, 0) is 61.6 Å². The molecule has 3 aromatic rings. The van der Waals surface area contributed by atoms with Crippen molar-refractivity contribution in [2.45, 2.75) is 38.8 Å². The second-order valence-electron chi connectivity index (χ2n) is 7.69. The van der Waals surface area contributed by atoms with Crippen LogP contribution >= 0.6 is 11.3 Å². The van der Waals surface area contributed by atoms with Gasteiger partial charge in [0, 0.05) is 24.3 Å². The van der Waals surface area contributed by atoms with E-state index >= 15 is 0 Å². The van der Waals surface area contributed by atoms with E-state index in [1.165, 1.54) is 16.7 Å². The van der Waals surface area contributed by atoms with Gasteiger partial charge in [-0.1, -0.05) is 24.1 Å². The average molecular weight is 419 g/mol. The maximum absolute atomic E-state index is 9.13. The molecule has 0 saturated heterocycles. The van der Waals surface area contributed by atoms with Crippen molar-refractivity contribution in [1.82, 2.24) is 10.3 Å². The topological polar surface area (TPSA) is 54.4 Å². The van der Waals surface area contributed by atoms with Gasteiger partial charge >= 0.3 is 0 Å². The molecule has 30 heavy (non-hydrogen) atoms. The summed E-state index contributed by atoms with van der Waals surface area (Å²) in [6.45, 7) is 4.75. The number of aliphatic hydroxyl groups is 1. The predicted molar refractivity (Wildman–Crippen MR) is 123 cm³/mol. The Morgan fingerprint density at radius 1 is 1.33 bits per heavy atom. The van der Waals surface area contributed by atoms with Gasteiger partial charge in [-0.3, -0.25) is 0 Å². The van der Waals surface area contributed by atoms with Crippen LogP contribution in [0.1, 0.15) is 43.0 Å². The molecule has 2 aromatic carbocycles. The first-order valence-electron chi connectivity index (χ1n) is 10.3. The summed E-state index contributed by atoms with van der Waals surface area (Å²) in [5.74, 6) is 3.46. The van der Waals surface area contributed by atoms with E-state index in [0.29, 0.717) is 12.6 Å². The lowest BCUT2D eigenvalue weighted by Gasteiger charge is -2.13. The second kappa shape index (κ2) is 9.01. The van der Waals surface area contributed by atoms with Crippen LogP contribution in [0.2, 0.25) is 0 Å². The van der Waals surface area contributed by atoms with E-state index in [1.807, 2.05) is 38.2 Å². The van der Waals surface area contributed by atoms with Crippen molar-refractivity contribution in [2.75, 3.05) is 13.2 Å². The van der Waals surface area contributed by atoms with Crippen molar-refractivity contribution in [2.24, 2.45) is 0 Å². The minimum Gasteiger partial charge on any atom is -0.490 e. The Morgan fingerprint density at radius 2 is 2.20 bits per heavy atom. The van der Waals surface area contributed by atoms with Crippen LogP contribution in [0.25, 0.3) is 21.0 Å². The van der Waals surface area contributed by atoms with Crippen LogP contribution in [0, 0.1) is 12.3 Å². The standard InChI is InChI=1S/C25H26N2O2S/c1-4-17-14-18(8-11-23(17)29-16(2)3)25-27-15-24(30-25)21-7-5-6-20-19(21)9-10-22(20)26-12-13-28/h1,5-8,11,14-16,22,26,28H,9-10,12-13H2,2-3H3/t22-/m0/s1. The van der Waals surface area contributed by atoms with Gasteiger partial charge in [0.1, 0.15) is 10.8 Å². The molecule has 0 amide bonds. The smallest absolute Gasteiger partial charge is 0.135 e. The van der Waals surface area contributed by atoms with E-state index < -0.39 is 0 Å². The van der Waals surface area contributed by atoms with Crippen LogP contribution in [0.15, 0.2) is 42.6 Å².